The number of rotatable bonds is 3. The molecule has 2 amide bonds. The molecule has 0 saturated heterocycles. The molecular weight excluding hydrogens is 430 g/mol. The van der Waals surface area contributed by atoms with E-state index in [1.54, 1.807) is 0 Å². The Kier molecular flexibility index (Phi) is 5.91. The summed E-state index contributed by atoms with van der Waals surface area (Å²) in [6.07, 6.45) is -9.58. The van der Waals surface area contributed by atoms with Gasteiger partial charge < -0.3 is 10.6 Å². The van der Waals surface area contributed by atoms with Gasteiger partial charge in [0.1, 0.15) is 6.04 Å². The van der Waals surface area contributed by atoms with Gasteiger partial charge in [0.05, 0.1) is 17.5 Å². The van der Waals surface area contributed by atoms with Crippen molar-refractivity contribution in [3.63, 3.8) is 0 Å². The van der Waals surface area contributed by atoms with Crippen molar-refractivity contribution in [3.05, 3.63) is 59.7 Å². The minimum Gasteiger partial charge on any atom is -0.326 e. The topological polar surface area (TPSA) is 82.6 Å². The Balaban J connectivity index is 1.76. The molecular formula is C19H14F6N4O2. The number of hydrogen-bond donors (Lipinski definition) is 3. The number of halogens is 6. The van der Waals surface area contributed by atoms with Crippen LogP contribution in [-0.2, 0) is 21.9 Å². The van der Waals surface area contributed by atoms with Crippen LogP contribution in [0.15, 0.2) is 53.5 Å². The molecule has 1 unspecified atom stereocenters. The maximum absolute atomic E-state index is 12.8. The van der Waals surface area contributed by atoms with Gasteiger partial charge in [-0.2, -0.15) is 26.3 Å². The lowest BCUT2D eigenvalue weighted by Gasteiger charge is -2.21. The second-order valence-electron chi connectivity index (χ2n) is 6.52. The Morgan fingerprint density at radius 2 is 1.48 bits per heavy atom. The minimum absolute atomic E-state index is 0.0344. The van der Waals surface area contributed by atoms with E-state index >= 15 is 0 Å². The second kappa shape index (κ2) is 8.28. The maximum atomic E-state index is 12.8. The summed E-state index contributed by atoms with van der Waals surface area (Å²) in [4.78, 5) is 28.2. The van der Waals surface area contributed by atoms with E-state index in [1.165, 1.54) is 12.1 Å². The molecule has 2 aromatic carbocycles. The molecule has 164 valence electrons. The number of nitrogens with zero attached hydrogens (tertiary/aromatic N) is 1. The number of amides is 2. The molecule has 1 aliphatic rings. The van der Waals surface area contributed by atoms with Crippen LogP contribution in [0, 0.1) is 0 Å². The lowest BCUT2D eigenvalue weighted by Crippen LogP contribution is -2.45. The van der Waals surface area contributed by atoms with Crippen LogP contribution in [-0.4, -0.2) is 23.8 Å². The van der Waals surface area contributed by atoms with Crippen molar-refractivity contribution in [1.82, 2.24) is 5.32 Å². The fourth-order valence-corrected chi connectivity index (χ4v) is 2.72. The summed E-state index contributed by atoms with van der Waals surface area (Å²) in [5, 5.41) is 7.04. The van der Waals surface area contributed by atoms with E-state index in [0.717, 1.165) is 36.4 Å². The molecule has 3 rings (SSSR count). The molecule has 1 heterocycles. The number of carbonyl (C=O) groups is 2. The van der Waals surface area contributed by atoms with Crippen LogP contribution in [0.4, 0.5) is 37.7 Å². The van der Waals surface area contributed by atoms with E-state index in [9.17, 15) is 35.9 Å². The first-order valence-corrected chi connectivity index (χ1v) is 8.72. The minimum atomic E-state index is -4.61. The Labute approximate surface area is 171 Å². The molecule has 2 aromatic rings. The monoisotopic (exact) mass is 444 g/mol. The van der Waals surface area contributed by atoms with Crippen molar-refractivity contribution >= 4 is 29.1 Å². The number of anilines is 2. The third-order valence-corrected chi connectivity index (χ3v) is 4.13. The number of aliphatic imine (C=N–C) groups is 1. The number of hydrogen-bond acceptors (Lipinski definition) is 4. The lowest BCUT2D eigenvalue weighted by molar-refractivity contribution is -0.138. The summed E-state index contributed by atoms with van der Waals surface area (Å²) in [6.45, 7) is 0. The highest BCUT2D eigenvalue weighted by atomic mass is 19.4. The molecule has 6 nitrogen and oxygen atoms in total. The van der Waals surface area contributed by atoms with Gasteiger partial charge in [0.15, 0.2) is 0 Å². The van der Waals surface area contributed by atoms with Crippen LogP contribution < -0.4 is 16.0 Å². The molecule has 0 spiro atoms. The average molecular weight is 444 g/mol. The number of alkyl halides is 6. The standard InChI is InChI=1S/C19H14F6N4O2/c20-18(21,22)10-3-1-5-12(7-10)26-16(31)14-9-15(30)29-17(28-14)27-13-6-2-4-11(8-13)19(23,24)25/h1-8,14H,9H2,(H,26,31)(H2,27,28,29,30). The average Bonchev–Trinajstić information content (AvgIpc) is 2.66. The Morgan fingerprint density at radius 3 is 2.06 bits per heavy atom. The van der Waals surface area contributed by atoms with E-state index in [2.05, 4.69) is 20.9 Å². The Hall–Kier alpha value is -3.57. The van der Waals surface area contributed by atoms with Crippen LogP contribution in [0.3, 0.4) is 0 Å². The van der Waals surface area contributed by atoms with Gasteiger partial charge in [0.25, 0.3) is 0 Å². The van der Waals surface area contributed by atoms with E-state index < -0.39 is 47.8 Å². The molecule has 3 N–H and O–H groups in total. The predicted molar refractivity (Wildman–Crippen MR) is 99.1 cm³/mol. The van der Waals surface area contributed by atoms with Gasteiger partial charge >= 0.3 is 12.4 Å². The molecule has 1 aliphatic heterocycles. The quantitative estimate of drug-likeness (QED) is 0.626. The van der Waals surface area contributed by atoms with E-state index in [-0.39, 0.29) is 17.3 Å². The molecule has 0 fully saturated rings. The first kappa shape index (κ1) is 22.1. The summed E-state index contributed by atoms with van der Waals surface area (Å²) < 4.78 is 76.9. The van der Waals surface area contributed by atoms with Crippen molar-refractivity contribution < 1.29 is 35.9 Å². The Bertz CT molecular complexity index is 1030. The second-order valence-corrected chi connectivity index (χ2v) is 6.52. The fraction of sp³-hybridized carbons (Fsp3) is 0.211. The van der Waals surface area contributed by atoms with Crippen LogP contribution in [0.2, 0.25) is 0 Å². The first-order chi connectivity index (χ1) is 14.4. The Morgan fingerprint density at radius 1 is 0.935 bits per heavy atom. The summed E-state index contributed by atoms with van der Waals surface area (Å²) in [6, 6.07) is 6.71. The highest BCUT2D eigenvalue weighted by Crippen LogP contribution is 2.31. The third kappa shape index (κ3) is 5.74. The molecule has 12 heteroatoms. The largest absolute Gasteiger partial charge is 0.416 e. The van der Waals surface area contributed by atoms with Crippen LogP contribution >= 0.6 is 0 Å². The fourth-order valence-electron chi connectivity index (χ4n) is 2.72. The van der Waals surface area contributed by atoms with E-state index in [1.807, 2.05) is 0 Å². The molecule has 31 heavy (non-hydrogen) atoms. The van der Waals surface area contributed by atoms with Crippen molar-refractivity contribution in [1.29, 1.82) is 0 Å². The predicted octanol–water partition coefficient (Wildman–Crippen LogP) is 4.02. The van der Waals surface area contributed by atoms with Crippen molar-refractivity contribution in [3.8, 4) is 0 Å². The van der Waals surface area contributed by atoms with Crippen LogP contribution in [0.25, 0.3) is 0 Å². The van der Waals surface area contributed by atoms with E-state index in [0.29, 0.717) is 0 Å². The highest BCUT2D eigenvalue weighted by Gasteiger charge is 2.32. The summed E-state index contributed by atoms with van der Waals surface area (Å²) >= 11 is 0. The van der Waals surface area contributed by atoms with Gasteiger partial charge in [-0.25, -0.2) is 4.99 Å². The molecule has 0 radical (unpaired) electrons. The van der Waals surface area contributed by atoms with Crippen molar-refractivity contribution in [2.45, 2.75) is 24.8 Å². The first-order valence-electron chi connectivity index (χ1n) is 8.72. The zero-order valence-electron chi connectivity index (χ0n) is 15.4. The normalized spacial score (nSPS) is 16.9. The molecule has 0 aromatic heterocycles. The number of benzene rings is 2. The number of carbonyl (C=O) groups excluding carboxylic acids is 2. The lowest BCUT2D eigenvalue weighted by atomic mass is 10.1. The summed E-state index contributed by atoms with van der Waals surface area (Å²) in [7, 11) is 0. The van der Waals surface area contributed by atoms with Gasteiger partial charge in [0, 0.05) is 11.4 Å². The smallest absolute Gasteiger partial charge is 0.326 e. The zero-order valence-corrected chi connectivity index (χ0v) is 15.4. The van der Waals surface area contributed by atoms with Crippen LogP contribution in [0.1, 0.15) is 17.5 Å². The summed E-state index contributed by atoms with van der Waals surface area (Å²) in [5.41, 5.74) is -2.08. The van der Waals surface area contributed by atoms with Crippen molar-refractivity contribution in [2.24, 2.45) is 4.99 Å². The maximum Gasteiger partial charge on any atom is 0.416 e. The van der Waals surface area contributed by atoms with Gasteiger partial charge in [-0.1, -0.05) is 12.1 Å². The molecule has 0 aliphatic carbocycles. The molecule has 0 saturated carbocycles. The third-order valence-electron chi connectivity index (χ3n) is 4.13. The molecule has 1 atom stereocenters. The van der Waals surface area contributed by atoms with Gasteiger partial charge in [-0.15, -0.1) is 0 Å². The van der Waals surface area contributed by atoms with Crippen LogP contribution in [0.5, 0.6) is 0 Å². The zero-order chi connectivity index (χ0) is 22.8. The number of nitrogens with one attached hydrogen (secondary N) is 3. The van der Waals surface area contributed by atoms with Gasteiger partial charge in [-0.05, 0) is 36.4 Å². The van der Waals surface area contributed by atoms with Gasteiger partial charge in [-0.3, -0.25) is 14.9 Å². The van der Waals surface area contributed by atoms with Crippen molar-refractivity contribution in [2.75, 3.05) is 10.6 Å². The molecule has 0 bridgehead atoms. The van der Waals surface area contributed by atoms with E-state index in [4.69, 9.17) is 0 Å². The van der Waals surface area contributed by atoms with Gasteiger partial charge in [0.2, 0.25) is 17.8 Å². The summed E-state index contributed by atoms with van der Waals surface area (Å²) in [5.74, 6) is -1.76. The highest BCUT2D eigenvalue weighted by molar-refractivity contribution is 6.10. The SMILES string of the molecule is O=C1CC(C(=O)Nc2cccc(C(F)(F)F)c2)N=C(Nc2cccc(C(F)(F)F)c2)N1. The number of guanidine groups is 1.